The van der Waals surface area contributed by atoms with Crippen molar-refractivity contribution < 1.29 is 9.13 Å². The molecule has 0 heterocycles. The number of nitro groups is 1. The van der Waals surface area contributed by atoms with Crippen molar-refractivity contribution in [3.8, 4) is 0 Å². The van der Waals surface area contributed by atoms with Crippen LogP contribution in [0.3, 0.4) is 0 Å². The Hall–Kier alpha value is -1.44. The normalized spacial score (nSPS) is 14.0. The van der Waals surface area contributed by atoms with Gasteiger partial charge in [0.25, 0.3) is 5.69 Å². The minimum Gasteiger partial charge on any atom is -0.330 e. The van der Waals surface area contributed by atoms with E-state index in [0.717, 1.165) is 0 Å². The van der Waals surface area contributed by atoms with Crippen LogP contribution in [-0.2, 0) is 9.71 Å². The van der Waals surface area contributed by atoms with Crippen molar-refractivity contribution in [3.63, 3.8) is 0 Å². The molecule has 7 heteroatoms. The molecule has 0 amide bonds. The molecule has 0 spiro atoms. The van der Waals surface area contributed by atoms with Crippen molar-refractivity contribution in [1.29, 1.82) is 0 Å². The van der Waals surface area contributed by atoms with Gasteiger partial charge in [-0.15, -0.1) is 0 Å². The van der Waals surface area contributed by atoms with E-state index in [1.807, 2.05) is 0 Å². The lowest BCUT2D eigenvalue weighted by Gasteiger charge is -2.04. The molecule has 1 rings (SSSR count). The maximum Gasteiger partial charge on any atom is 0.270 e. The van der Waals surface area contributed by atoms with E-state index in [4.69, 9.17) is 10.9 Å². The summed E-state index contributed by atoms with van der Waals surface area (Å²) in [6.07, 6.45) is 1.21. The number of nitro benzene ring substituents is 1. The van der Waals surface area contributed by atoms with Crippen LogP contribution in [0.15, 0.2) is 29.2 Å². The second-order valence-corrected chi connectivity index (χ2v) is 5.60. The first-order chi connectivity index (χ1) is 7.97. The highest BCUT2D eigenvalue weighted by molar-refractivity contribution is 7.99. The number of nitrogens with two attached hydrogens (primary N) is 2. The van der Waals surface area contributed by atoms with Gasteiger partial charge in [-0.25, -0.2) is 4.21 Å². The van der Waals surface area contributed by atoms with Gasteiger partial charge < -0.3 is 5.73 Å². The van der Waals surface area contributed by atoms with E-state index in [9.17, 15) is 14.3 Å². The van der Waals surface area contributed by atoms with Gasteiger partial charge in [0, 0.05) is 12.1 Å². The van der Waals surface area contributed by atoms with E-state index >= 15 is 0 Å². The molecule has 0 saturated carbocycles. The summed E-state index contributed by atoms with van der Waals surface area (Å²) in [4.78, 5) is 10.3. The molecule has 4 N–H and O–H groups in total. The summed E-state index contributed by atoms with van der Waals surface area (Å²) in [5.41, 5.74) is 5.20. The minimum atomic E-state index is -2.82. The zero-order valence-electron chi connectivity index (χ0n) is 9.24. The van der Waals surface area contributed by atoms with Crippen LogP contribution in [0.4, 0.5) is 5.69 Å². The summed E-state index contributed by atoms with van der Waals surface area (Å²) in [7, 11) is -2.82. The Morgan fingerprint density at radius 3 is 2.76 bits per heavy atom. The fourth-order valence-corrected chi connectivity index (χ4v) is 2.57. The van der Waals surface area contributed by atoms with Crippen LogP contribution in [0.5, 0.6) is 0 Å². The summed E-state index contributed by atoms with van der Waals surface area (Å²) in [5.74, 6) is 0. The smallest absolute Gasteiger partial charge is 0.270 e. The second kappa shape index (κ2) is 5.76. The molecule has 1 aromatic carbocycles. The van der Waals surface area contributed by atoms with Crippen molar-refractivity contribution in [2.45, 2.75) is 17.7 Å². The van der Waals surface area contributed by atoms with Crippen LogP contribution in [0.25, 0.3) is 0 Å². The van der Waals surface area contributed by atoms with Gasteiger partial charge in [-0.3, -0.25) is 15.3 Å². The predicted molar refractivity (Wildman–Crippen MR) is 68.0 cm³/mol. The van der Waals surface area contributed by atoms with Crippen molar-refractivity contribution in [2.24, 2.45) is 10.9 Å². The molecule has 0 radical (unpaired) electrons. The second-order valence-electron chi connectivity index (χ2n) is 3.50. The molecule has 0 aliphatic rings. The number of rotatable bonds is 5. The number of benzene rings is 1. The molecule has 0 fully saturated rings. The van der Waals surface area contributed by atoms with Crippen LogP contribution in [0.2, 0.25) is 0 Å². The van der Waals surface area contributed by atoms with Gasteiger partial charge in [-0.1, -0.05) is 6.07 Å². The monoisotopic (exact) mass is 257 g/mol. The minimum absolute atomic E-state index is 0.118. The van der Waals surface area contributed by atoms with E-state index in [1.54, 1.807) is 0 Å². The Morgan fingerprint density at radius 1 is 1.47 bits per heavy atom. The van der Waals surface area contributed by atoms with Gasteiger partial charge in [0.15, 0.2) is 0 Å². The van der Waals surface area contributed by atoms with Crippen molar-refractivity contribution in [1.82, 2.24) is 0 Å². The first kappa shape index (κ1) is 13.6. The maximum absolute atomic E-state index is 12.1. The Kier molecular flexibility index (Phi) is 4.62. The van der Waals surface area contributed by atoms with Crippen LogP contribution >= 0.6 is 0 Å². The zero-order chi connectivity index (χ0) is 12.9. The van der Waals surface area contributed by atoms with Crippen LogP contribution < -0.4 is 10.9 Å². The molecule has 6 nitrogen and oxygen atoms in total. The Labute approximate surface area is 99.9 Å². The number of unbranched alkanes of at least 4 members (excludes halogenated alkanes) is 1. The largest absolute Gasteiger partial charge is 0.330 e. The highest BCUT2D eigenvalue weighted by Crippen LogP contribution is 2.16. The molecular formula is C10H15N3O3S. The summed E-state index contributed by atoms with van der Waals surface area (Å²) in [5, 5.41) is 17.7. The standard InChI is InChI=1S/C10H15N3O3S/c11-6-1-2-7-17(12,16)10-5-3-4-9(8-10)13(14)15/h3-5,7-8H,1-2,6,11H2,(H2,12,16). The quantitative estimate of drug-likeness (QED) is 0.349. The third-order valence-corrected chi connectivity index (χ3v) is 3.89. The highest BCUT2D eigenvalue weighted by atomic mass is 32.2. The average Bonchev–Trinajstić information content (AvgIpc) is 2.29. The summed E-state index contributed by atoms with van der Waals surface area (Å²) in [6.45, 7) is 0.487. The molecule has 94 valence electrons. The molecule has 0 aliphatic heterocycles. The molecule has 1 aromatic rings. The van der Waals surface area contributed by atoms with Crippen molar-refractivity contribution in [3.05, 3.63) is 34.4 Å². The number of hydrogen-bond acceptors (Lipinski definition) is 4. The van der Waals surface area contributed by atoms with E-state index < -0.39 is 14.6 Å². The molecule has 0 aromatic heterocycles. The molecule has 1 unspecified atom stereocenters. The molecule has 0 aliphatic carbocycles. The lowest BCUT2D eigenvalue weighted by molar-refractivity contribution is -0.385. The number of nitrogens with zero attached hydrogens (tertiary/aromatic N) is 1. The molecular weight excluding hydrogens is 242 g/mol. The molecule has 0 bridgehead atoms. The summed E-state index contributed by atoms with van der Waals surface area (Å²) >= 11 is 0. The van der Waals surface area contributed by atoms with E-state index in [2.05, 4.69) is 0 Å². The van der Waals surface area contributed by atoms with Gasteiger partial charge in [0.05, 0.1) is 19.5 Å². The third kappa shape index (κ3) is 3.81. The Bertz CT molecular complexity index is 521. The third-order valence-electron chi connectivity index (χ3n) is 2.17. The predicted octanol–water partition coefficient (Wildman–Crippen LogP) is 0.653. The van der Waals surface area contributed by atoms with E-state index in [0.29, 0.717) is 19.4 Å². The first-order valence-corrected chi connectivity index (χ1v) is 6.75. The molecule has 17 heavy (non-hydrogen) atoms. The highest BCUT2D eigenvalue weighted by Gasteiger charge is 2.10. The van der Waals surface area contributed by atoms with E-state index in [-0.39, 0.29) is 10.6 Å². The Morgan fingerprint density at radius 2 is 2.18 bits per heavy atom. The first-order valence-electron chi connectivity index (χ1n) is 5.07. The van der Waals surface area contributed by atoms with Gasteiger partial charge in [-0.2, -0.15) is 0 Å². The fourth-order valence-electron chi connectivity index (χ4n) is 1.27. The number of non-ortho nitro benzene ring substituents is 1. The maximum atomic E-state index is 12.1. The molecule has 1 atom stereocenters. The van der Waals surface area contributed by atoms with Crippen LogP contribution in [0.1, 0.15) is 12.8 Å². The van der Waals surface area contributed by atoms with E-state index in [1.165, 1.54) is 29.6 Å². The number of hydrogen-bond donors (Lipinski definition) is 2. The Balaban J connectivity index is 3.06. The lowest BCUT2D eigenvalue weighted by atomic mass is 10.3. The fraction of sp³-hybridized carbons (Fsp3) is 0.300. The summed E-state index contributed by atoms with van der Waals surface area (Å²) < 4.78 is 12.1. The average molecular weight is 257 g/mol. The van der Waals surface area contributed by atoms with Crippen LogP contribution in [0, 0.1) is 10.1 Å². The van der Waals surface area contributed by atoms with Gasteiger partial charge in [0.2, 0.25) is 0 Å². The van der Waals surface area contributed by atoms with Gasteiger partial charge in [-0.05, 0) is 30.8 Å². The van der Waals surface area contributed by atoms with Gasteiger partial charge in [0.1, 0.15) is 0 Å². The zero-order valence-corrected chi connectivity index (χ0v) is 10.1. The lowest BCUT2D eigenvalue weighted by Crippen LogP contribution is -2.16. The topological polar surface area (TPSA) is 112 Å². The van der Waals surface area contributed by atoms with Crippen molar-refractivity contribution >= 4 is 20.8 Å². The van der Waals surface area contributed by atoms with Crippen LogP contribution in [-0.4, -0.2) is 21.0 Å². The van der Waals surface area contributed by atoms with Gasteiger partial charge >= 0.3 is 0 Å². The molecule has 0 saturated heterocycles. The van der Waals surface area contributed by atoms with Crippen molar-refractivity contribution in [2.75, 3.05) is 6.54 Å². The SMILES string of the molecule is NCCCC=S(N)(=O)c1cccc([N+](=O)[O-])c1. The summed E-state index contributed by atoms with van der Waals surface area (Å²) in [6, 6.07) is 5.56.